The highest BCUT2D eigenvalue weighted by Crippen LogP contribution is 2.36. The lowest BCUT2D eigenvalue weighted by atomic mass is 9.95. The van der Waals surface area contributed by atoms with Gasteiger partial charge >= 0.3 is 11.9 Å². The molecule has 1 aromatic carbocycles. The third kappa shape index (κ3) is 4.25. The summed E-state index contributed by atoms with van der Waals surface area (Å²) < 4.78 is 11.0. The fraction of sp³-hybridized carbons (Fsp3) is 0.316. The third-order valence-corrected chi connectivity index (χ3v) is 4.13. The number of H-pyrrole nitrogens is 1. The SMILES string of the molecule is CCCCCOc1cc(-c2c(C(=O)O)c(N)[nH]c(=O)c2C(=O)O)ccc1OC. The maximum absolute atomic E-state index is 12.1. The number of aromatic amines is 1. The first-order chi connectivity index (χ1) is 13.3. The molecule has 0 amide bonds. The van der Waals surface area contributed by atoms with E-state index in [1.54, 1.807) is 0 Å². The summed E-state index contributed by atoms with van der Waals surface area (Å²) in [7, 11) is 1.45. The Morgan fingerprint density at radius 3 is 2.36 bits per heavy atom. The number of anilines is 1. The van der Waals surface area contributed by atoms with E-state index in [-0.39, 0.29) is 11.1 Å². The van der Waals surface area contributed by atoms with Gasteiger partial charge in [0.25, 0.3) is 5.56 Å². The van der Waals surface area contributed by atoms with Gasteiger partial charge in [-0.3, -0.25) is 4.79 Å². The van der Waals surface area contributed by atoms with Gasteiger partial charge in [-0.15, -0.1) is 0 Å². The molecule has 0 aliphatic rings. The number of aromatic nitrogens is 1. The Kier molecular flexibility index (Phi) is 6.64. The largest absolute Gasteiger partial charge is 0.493 e. The zero-order chi connectivity index (χ0) is 20.8. The van der Waals surface area contributed by atoms with Crippen LogP contribution in [0.2, 0.25) is 0 Å². The van der Waals surface area contributed by atoms with Crippen molar-refractivity contribution in [2.75, 3.05) is 19.5 Å². The highest BCUT2D eigenvalue weighted by molar-refractivity contribution is 6.07. The van der Waals surface area contributed by atoms with Crippen molar-refractivity contribution in [3.05, 3.63) is 39.7 Å². The lowest BCUT2D eigenvalue weighted by Gasteiger charge is -2.15. The number of hydrogen-bond acceptors (Lipinski definition) is 6. The zero-order valence-electron chi connectivity index (χ0n) is 15.6. The molecule has 0 saturated carbocycles. The molecule has 9 nitrogen and oxygen atoms in total. The Morgan fingerprint density at radius 1 is 1.11 bits per heavy atom. The second-order valence-corrected chi connectivity index (χ2v) is 6.02. The molecule has 0 radical (unpaired) electrons. The number of benzene rings is 1. The van der Waals surface area contributed by atoms with Crippen LogP contribution >= 0.6 is 0 Å². The van der Waals surface area contributed by atoms with E-state index in [9.17, 15) is 24.6 Å². The van der Waals surface area contributed by atoms with Crippen LogP contribution < -0.4 is 20.8 Å². The minimum Gasteiger partial charge on any atom is -0.493 e. The van der Waals surface area contributed by atoms with Crippen LogP contribution in [0.15, 0.2) is 23.0 Å². The van der Waals surface area contributed by atoms with E-state index in [4.69, 9.17) is 15.2 Å². The van der Waals surface area contributed by atoms with Gasteiger partial charge in [-0.1, -0.05) is 25.8 Å². The first-order valence-corrected chi connectivity index (χ1v) is 8.65. The van der Waals surface area contributed by atoms with Crippen molar-refractivity contribution in [3.8, 4) is 22.6 Å². The number of nitrogens with one attached hydrogen (secondary N) is 1. The quantitative estimate of drug-likeness (QED) is 0.477. The maximum Gasteiger partial charge on any atom is 0.342 e. The van der Waals surface area contributed by atoms with Gasteiger partial charge in [0.2, 0.25) is 0 Å². The number of unbranched alkanes of at least 4 members (excludes halogenated alkanes) is 2. The van der Waals surface area contributed by atoms with E-state index in [0.29, 0.717) is 18.1 Å². The number of carbonyl (C=O) groups is 2. The molecule has 0 aliphatic heterocycles. The monoisotopic (exact) mass is 390 g/mol. The number of methoxy groups -OCH3 is 1. The van der Waals surface area contributed by atoms with Crippen molar-refractivity contribution in [1.82, 2.24) is 4.98 Å². The normalized spacial score (nSPS) is 10.5. The summed E-state index contributed by atoms with van der Waals surface area (Å²) in [4.78, 5) is 37.6. The van der Waals surface area contributed by atoms with Gasteiger partial charge in [0.15, 0.2) is 11.5 Å². The zero-order valence-corrected chi connectivity index (χ0v) is 15.6. The molecule has 150 valence electrons. The summed E-state index contributed by atoms with van der Waals surface area (Å²) in [5.74, 6) is -2.76. The van der Waals surface area contributed by atoms with Crippen LogP contribution in [-0.4, -0.2) is 40.9 Å². The number of hydrogen-bond donors (Lipinski definition) is 4. The van der Waals surface area contributed by atoms with Gasteiger partial charge in [0.1, 0.15) is 16.9 Å². The second kappa shape index (κ2) is 8.94. The Bertz CT molecular complexity index is 950. The Balaban J connectivity index is 2.68. The highest BCUT2D eigenvalue weighted by Gasteiger charge is 2.27. The number of carboxylic acids is 2. The highest BCUT2D eigenvalue weighted by atomic mass is 16.5. The fourth-order valence-corrected chi connectivity index (χ4v) is 2.81. The van der Waals surface area contributed by atoms with Crippen LogP contribution in [0.1, 0.15) is 46.9 Å². The lowest BCUT2D eigenvalue weighted by Crippen LogP contribution is -2.24. The topological polar surface area (TPSA) is 152 Å². The molecule has 28 heavy (non-hydrogen) atoms. The van der Waals surface area contributed by atoms with Crippen molar-refractivity contribution in [3.63, 3.8) is 0 Å². The molecule has 1 heterocycles. The molecule has 9 heteroatoms. The first kappa shape index (κ1) is 20.8. The van der Waals surface area contributed by atoms with Gasteiger partial charge < -0.3 is 30.4 Å². The average molecular weight is 390 g/mol. The van der Waals surface area contributed by atoms with Crippen molar-refractivity contribution >= 4 is 17.8 Å². The number of rotatable bonds is 9. The molecule has 5 N–H and O–H groups in total. The third-order valence-electron chi connectivity index (χ3n) is 4.13. The number of nitrogen functional groups attached to an aromatic ring is 1. The number of pyridine rings is 1. The van der Waals surface area contributed by atoms with Gasteiger partial charge in [0, 0.05) is 5.56 Å². The smallest absolute Gasteiger partial charge is 0.342 e. The summed E-state index contributed by atoms with van der Waals surface area (Å²) >= 11 is 0. The van der Waals surface area contributed by atoms with E-state index in [1.165, 1.54) is 25.3 Å². The van der Waals surface area contributed by atoms with Gasteiger partial charge in [0.05, 0.1) is 13.7 Å². The minimum atomic E-state index is -1.57. The van der Waals surface area contributed by atoms with Crippen LogP contribution in [0.3, 0.4) is 0 Å². The molecule has 0 spiro atoms. The van der Waals surface area contributed by atoms with Crippen molar-refractivity contribution in [2.45, 2.75) is 26.2 Å². The molecule has 0 aliphatic carbocycles. The molecule has 1 aromatic heterocycles. The van der Waals surface area contributed by atoms with E-state index >= 15 is 0 Å². The van der Waals surface area contributed by atoms with Crippen LogP contribution in [0.4, 0.5) is 5.82 Å². The molecule has 0 unspecified atom stereocenters. The molecule has 0 bridgehead atoms. The Morgan fingerprint density at radius 2 is 1.79 bits per heavy atom. The predicted molar refractivity (Wildman–Crippen MR) is 102 cm³/mol. The lowest BCUT2D eigenvalue weighted by molar-refractivity contribution is 0.0695. The van der Waals surface area contributed by atoms with Gasteiger partial charge in [-0.25, -0.2) is 9.59 Å². The Labute approximate surface area is 160 Å². The standard InChI is InChI=1S/C19H22N2O7/c1-3-4-5-8-28-12-9-10(6-7-11(12)27-2)13-14(18(23)24)16(20)21-17(22)15(13)19(25)26/h6-7,9H,3-5,8H2,1-2H3,(H,23,24)(H,25,26)(H3,20,21,22). The molecular formula is C19H22N2O7. The predicted octanol–water partition coefficient (Wildman–Crippen LogP) is 2.60. The van der Waals surface area contributed by atoms with E-state index in [2.05, 4.69) is 11.9 Å². The summed E-state index contributed by atoms with van der Waals surface area (Å²) in [6, 6.07) is 4.40. The minimum absolute atomic E-state index is 0.166. The molecule has 0 saturated heterocycles. The molecule has 0 fully saturated rings. The van der Waals surface area contributed by atoms with E-state index in [1.807, 2.05) is 0 Å². The maximum atomic E-state index is 12.1. The number of ether oxygens (including phenoxy) is 2. The van der Waals surface area contributed by atoms with Crippen LogP contribution in [0, 0.1) is 0 Å². The second-order valence-electron chi connectivity index (χ2n) is 6.02. The van der Waals surface area contributed by atoms with Crippen molar-refractivity contribution < 1.29 is 29.3 Å². The molecular weight excluding hydrogens is 368 g/mol. The summed E-state index contributed by atoms with van der Waals surface area (Å²) in [5, 5.41) is 19.0. The first-order valence-electron chi connectivity index (χ1n) is 8.65. The van der Waals surface area contributed by atoms with Crippen molar-refractivity contribution in [1.29, 1.82) is 0 Å². The average Bonchev–Trinajstić information content (AvgIpc) is 2.63. The summed E-state index contributed by atoms with van der Waals surface area (Å²) in [6.07, 6.45) is 2.79. The summed E-state index contributed by atoms with van der Waals surface area (Å²) in [6.45, 7) is 2.46. The van der Waals surface area contributed by atoms with Crippen molar-refractivity contribution in [2.24, 2.45) is 0 Å². The molecule has 2 aromatic rings. The Hall–Kier alpha value is -3.49. The van der Waals surface area contributed by atoms with Gasteiger partial charge in [-0.05, 0) is 24.1 Å². The van der Waals surface area contributed by atoms with E-state index < -0.39 is 34.4 Å². The number of carboxylic acid groups (broad SMARTS) is 2. The summed E-state index contributed by atoms with van der Waals surface area (Å²) in [5.41, 5.74) is 3.32. The van der Waals surface area contributed by atoms with Crippen LogP contribution in [-0.2, 0) is 0 Å². The van der Waals surface area contributed by atoms with Gasteiger partial charge in [-0.2, -0.15) is 0 Å². The number of nitrogens with two attached hydrogens (primary N) is 1. The molecule has 2 rings (SSSR count). The fourth-order valence-electron chi connectivity index (χ4n) is 2.81. The molecule has 0 atom stereocenters. The van der Waals surface area contributed by atoms with E-state index in [0.717, 1.165) is 19.3 Å². The van der Waals surface area contributed by atoms with Crippen LogP contribution in [0.5, 0.6) is 11.5 Å². The van der Waals surface area contributed by atoms with Crippen LogP contribution in [0.25, 0.3) is 11.1 Å². The number of aromatic carboxylic acids is 2.